The fourth-order valence-corrected chi connectivity index (χ4v) is 3.15. The maximum Gasteiger partial charge on any atom is 0.234 e. The van der Waals surface area contributed by atoms with Crippen molar-refractivity contribution < 1.29 is 9.59 Å². The standard InChI is InChI=1S/C18H25N3O2/c1-20(15-9-10-15)13-17(22)19-16(14-6-3-2-4-7-14)12-21-11-5-8-18(21)23/h2-4,6-7,15-16H,5,8-13H2,1H3,(H,19,22). The number of carbonyl (C=O) groups excluding carboxylic acids is 2. The van der Waals surface area contributed by atoms with Crippen LogP contribution in [0.4, 0.5) is 0 Å². The zero-order valence-electron chi connectivity index (χ0n) is 13.7. The Balaban J connectivity index is 1.64. The summed E-state index contributed by atoms with van der Waals surface area (Å²) in [4.78, 5) is 28.2. The van der Waals surface area contributed by atoms with Gasteiger partial charge in [0.15, 0.2) is 0 Å². The highest BCUT2D eigenvalue weighted by Gasteiger charge is 2.29. The first-order chi connectivity index (χ1) is 11.1. The zero-order chi connectivity index (χ0) is 16.2. The fraction of sp³-hybridized carbons (Fsp3) is 0.556. The number of nitrogens with one attached hydrogen (secondary N) is 1. The van der Waals surface area contributed by atoms with Crippen molar-refractivity contribution in [2.75, 3.05) is 26.7 Å². The molecule has 124 valence electrons. The topological polar surface area (TPSA) is 52.7 Å². The molecular formula is C18H25N3O2. The van der Waals surface area contributed by atoms with Crippen molar-refractivity contribution in [3.8, 4) is 0 Å². The highest BCUT2D eigenvalue weighted by Crippen LogP contribution is 2.25. The molecule has 1 aromatic rings. The summed E-state index contributed by atoms with van der Waals surface area (Å²) >= 11 is 0. The first kappa shape index (κ1) is 16.0. The Morgan fingerprint density at radius 3 is 2.70 bits per heavy atom. The summed E-state index contributed by atoms with van der Waals surface area (Å²) in [7, 11) is 2.00. The normalized spacial score (nSPS) is 19.2. The molecule has 2 amide bonds. The summed E-state index contributed by atoms with van der Waals surface area (Å²) in [5, 5.41) is 3.12. The van der Waals surface area contributed by atoms with Crippen LogP contribution in [0.1, 0.15) is 37.3 Å². The first-order valence-corrected chi connectivity index (χ1v) is 8.46. The zero-order valence-corrected chi connectivity index (χ0v) is 13.7. The summed E-state index contributed by atoms with van der Waals surface area (Å²) in [6, 6.07) is 10.3. The van der Waals surface area contributed by atoms with Crippen LogP contribution in [0, 0.1) is 0 Å². The van der Waals surface area contributed by atoms with Gasteiger partial charge in [0.2, 0.25) is 11.8 Å². The first-order valence-electron chi connectivity index (χ1n) is 8.46. The molecule has 1 heterocycles. The van der Waals surface area contributed by atoms with E-state index >= 15 is 0 Å². The van der Waals surface area contributed by atoms with Gasteiger partial charge in [0.25, 0.3) is 0 Å². The van der Waals surface area contributed by atoms with Gasteiger partial charge in [0, 0.05) is 25.6 Å². The Hall–Kier alpha value is -1.88. The molecule has 5 nitrogen and oxygen atoms in total. The maximum absolute atomic E-state index is 12.4. The van der Waals surface area contributed by atoms with Crippen LogP contribution in [0.3, 0.4) is 0 Å². The summed E-state index contributed by atoms with van der Waals surface area (Å²) < 4.78 is 0. The second-order valence-corrected chi connectivity index (χ2v) is 6.62. The molecule has 23 heavy (non-hydrogen) atoms. The Morgan fingerprint density at radius 2 is 2.09 bits per heavy atom. The molecule has 1 N–H and O–H groups in total. The van der Waals surface area contributed by atoms with Crippen LogP contribution in [0.5, 0.6) is 0 Å². The van der Waals surface area contributed by atoms with Crippen molar-refractivity contribution in [1.29, 1.82) is 0 Å². The molecule has 0 radical (unpaired) electrons. The van der Waals surface area contributed by atoms with Crippen LogP contribution >= 0.6 is 0 Å². The van der Waals surface area contributed by atoms with Gasteiger partial charge in [0.05, 0.1) is 12.6 Å². The van der Waals surface area contributed by atoms with Crippen molar-refractivity contribution in [3.63, 3.8) is 0 Å². The summed E-state index contributed by atoms with van der Waals surface area (Å²) in [5.74, 6) is 0.218. The molecule has 2 aliphatic rings. The number of hydrogen-bond donors (Lipinski definition) is 1. The van der Waals surface area contributed by atoms with Gasteiger partial charge in [-0.3, -0.25) is 14.5 Å². The number of likely N-dealkylation sites (N-methyl/N-ethyl adjacent to an activating group) is 1. The Labute approximate surface area is 137 Å². The van der Waals surface area contributed by atoms with E-state index in [2.05, 4.69) is 10.2 Å². The molecule has 2 fully saturated rings. The molecular weight excluding hydrogens is 290 g/mol. The van der Waals surface area contributed by atoms with E-state index in [1.165, 1.54) is 12.8 Å². The summed E-state index contributed by atoms with van der Waals surface area (Å²) in [6.07, 6.45) is 3.92. The van der Waals surface area contributed by atoms with Gasteiger partial charge in [-0.15, -0.1) is 0 Å². The van der Waals surface area contributed by atoms with Gasteiger partial charge < -0.3 is 10.2 Å². The average molecular weight is 315 g/mol. The van der Waals surface area contributed by atoms with E-state index in [1.54, 1.807) is 0 Å². The monoisotopic (exact) mass is 315 g/mol. The van der Waals surface area contributed by atoms with Crippen molar-refractivity contribution in [2.24, 2.45) is 0 Å². The predicted molar refractivity (Wildman–Crippen MR) is 88.8 cm³/mol. The number of hydrogen-bond acceptors (Lipinski definition) is 3. The third kappa shape index (κ3) is 4.32. The summed E-state index contributed by atoms with van der Waals surface area (Å²) in [5.41, 5.74) is 1.05. The van der Waals surface area contributed by atoms with Crippen molar-refractivity contribution in [1.82, 2.24) is 15.1 Å². The molecule has 3 rings (SSSR count). The minimum absolute atomic E-state index is 0.0277. The molecule has 1 aromatic carbocycles. The fourth-order valence-electron chi connectivity index (χ4n) is 3.15. The lowest BCUT2D eigenvalue weighted by Gasteiger charge is -2.26. The molecule has 1 aliphatic heterocycles. The summed E-state index contributed by atoms with van der Waals surface area (Å²) in [6.45, 7) is 1.77. The molecule has 1 saturated heterocycles. The Bertz CT molecular complexity index is 557. The quantitative estimate of drug-likeness (QED) is 0.831. The minimum atomic E-state index is -0.140. The van der Waals surface area contributed by atoms with Crippen LogP contribution in [-0.2, 0) is 9.59 Å². The highest BCUT2D eigenvalue weighted by molar-refractivity contribution is 5.79. The second kappa shape index (κ2) is 7.13. The maximum atomic E-state index is 12.4. The van der Waals surface area contributed by atoms with E-state index in [0.717, 1.165) is 18.5 Å². The third-order valence-corrected chi connectivity index (χ3v) is 4.67. The number of benzene rings is 1. The van der Waals surface area contributed by atoms with Crippen LogP contribution in [-0.4, -0.2) is 54.3 Å². The van der Waals surface area contributed by atoms with E-state index in [0.29, 0.717) is 25.6 Å². The number of rotatable bonds is 7. The molecule has 1 aliphatic carbocycles. The largest absolute Gasteiger partial charge is 0.346 e. The van der Waals surface area contributed by atoms with Gasteiger partial charge in [-0.2, -0.15) is 0 Å². The lowest BCUT2D eigenvalue weighted by Crippen LogP contribution is -2.42. The predicted octanol–water partition coefficient (Wildman–Crippen LogP) is 1.56. The third-order valence-electron chi connectivity index (χ3n) is 4.67. The molecule has 0 aromatic heterocycles. The molecule has 1 saturated carbocycles. The molecule has 1 unspecified atom stereocenters. The Kier molecular flexibility index (Phi) is 4.96. The lowest BCUT2D eigenvalue weighted by atomic mass is 10.1. The van der Waals surface area contributed by atoms with Gasteiger partial charge in [0.1, 0.15) is 0 Å². The van der Waals surface area contributed by atoms with Crippen LogP contribution in [0.2, 0.25) is 0 Å². The number of carbonyl (C=O) groups is 2. The minimum Gasteiger partial charge on any atom is -0.346 e. The number of nitrogens with zero attached hydrogens (tertiary/aromatic N) is 2. The second-order valence-electron chi connectivity index (χ2n) is 6.62. The van der Waals surface area contributed by atoms with Crippen LogP contribution < -0.4 is 5.32 Å². The lowest BCUT2D eigenvalue weighted by molar-refractivity contribution is -0.129. The van der Waals surface area contributed by atoms with E-state index in [-0.39, 0.29) is 17.9 Å². The number of likely N-dealkylation sites (tertiary alicyclic amines) is 1. The van der Waals surface area contributed by atoms with Crippen molar-refractivity contribution >= 4 is 11.8 Å². The van der Waals surface area contributed by atoms with Crippen LogP contribution in [0.15, 0.2) is 30.3 Å². The SMILES string of the molecule is CN(CC(=O)NC(CN1CCCC1=O)c1ccccc1)C1CC1. The Morgan fingerprint density at radius 1 is 1.35 bits per heavy atom. The van der Waals surface area contributed by atoms with Gasteiger partial charge in [-0.25, -0.2) is 0 Å². The van der Waals surface area contributed by atoms with Crippen molar-refractivity contribution in [3.05, 3.63) is 35.9 Å². The smallest absolute Gasteiger partial charge is 0.234 e. The van der Waals surface area contributed by atoms with E-state index in [9.17, 15) is 9.59 Å². The van der Waals surface area contributed by atoms with E-state index in [4.69, 9.17) is 0 Å². The molecule has 0 bridgehead atoms. The van der Waals surface area contributed by atoms with Crippen molar-refractivity contribution in [2.45, 2.75) is 37.8 Å². The molecule has 1 atom stereocenters. The number of amides is 2. The van der Waals surface area contributed by atoms with E-state index in [1.807, 2.05) is 42.3 Å². The van der Waals surface area contributed by atoms with Gasteiger partial charge in [-0.1, -0.05) is 30.3 Å². The molecule has 0 spiro atoms. The van der Waals surface area contributed by atoms with Crippen LogP contribution in [0.25, 0.3) is 0 Å². The van der Waals surface area contributed by atoms with E-state index < -0.39 is 0 Å². The average Bonchev–Trinajstić information content (AvgIpc) is 3.32. The highest BCUT2D eigenvalue weighted by atomic mass is 16.2. The molecule has 5 heteroatoms. The van der Waals surface area contributed by atoms with Gasteiger partial charge >= 0.3 is 0 Å². The van der Waals surface area contributed by atoms with Gasteiger partial charge in [-0.05, 0) is 31.9 Å².